The number of hydrogen-bond acceptors (Lipinski definition) is 4. The van der Waals surface area contributed by atoms with Crippen LogP contribution < -0.4 is 0 Å². The highest BCUT2D eigenvalue weighted by Crippen LogP contribution is 2.39. The maximum absolute atomic E-state index is 5.02. The lowest BCUT2D eigenvalue weighted by molar-refractivity contribution is 1.07. The Labute approximate surface area is 241 Å². The second kappa shape index (κ2) is 9.77. The molecule has 0 radical (unpaired) electrons. The molecule has 0 fully saturated rings. The number of rotatable bonds is 4. The second-order valence-electron chi connectivity index (χ2n) is 10.1. The number of nitrogens with zero attached hydrogens (tertiary/aromatic N) is 3. The van der Waals surface area contributed by atoms with Crippen molar-refractivity contribution >= 4 is 42.3 Å². The average molecular weight is 542 g/mol. The molecule has 0 N–H and O–H groups in total. The van der Waals surface area contributed by atoms with Crippen LogP contribution in [0.5, 0.6) is 0 Å². The maximum atomic E-state index is 5.02. The fourth-order valence-corrected chi connectivity index (χ4v) is 6.60. The average Bonchev–Trinajstić information content (AvgIpc) is 3.44. The summed E-state index contributed by atoms with van der Waals surface area (Å²) in [7, 11) is 0. The van der Waals surface area contributed by atoms with Gasteiger partial charge in [0.1, 0.15) is 0 Å². The van der Waals surface area contributed by atoms with Crippen LogP contribution >= 0.6 is 11.3 Å². The van der Waals surface area contributed by atoms with Crippen LogP contribution in [0.15, 0.2) is 140 Å². The molecule has 0 aliphatic carbocycles. The number of fused-ring (bicyclic) bond motifs is 5. The molecule has 0 saturated carbocycles. The molecule has 0 atom stereocenters. The Morgan fingerprint density at radius 2 is 0.878 bits per heavy atom. The third-order valence-corrected chi connectivity index (χ3v) is 8.67. The van der Waals surface area contributed by atoms with Crippen molar-refractivity contribution in [1.29, 1.82) is 0 Å². The highest BCUT2D eigenvalue weighted by molar-refractivity contribution is 7.26. The predicted octanol–water partition coefficient (Wildman–Crippen LogP) is 10.1. The normalized spacial score (nSPS) is 11.4. The molecule has 2 aromatic heterocycles. The van der Waals surface area contributed by atoms with E-state index in [1.165, 1.54) is 36.5 Å². The number of aromatic nitrogens is 3. The van der Waals surface area contributed by atoms with Crippen LogP contribution in [0, 0.1) is 0 Å². The van der Waals surface area contributed by atoms with Crippen molar-refractivity contribution in [2.24, 2.45) is 0 Å². The van der Waals surface area contributed by atoms with E-state index in [0.29, 0.717) is 17.5 Å². The summed E-state index contributed by atoms with van der Waals surface area (Å²) in [5, 5.41) is 5.00. The van der Waals surface area contributed by atoms with Crippen LogP contribution in [0.4, 0.5) is 0 Å². The Morgan fingerprint density at radius 1 is 0.366 bits per heavy atom. The van der Waals surface area contributed by atoms with Crippen molar-refractivity contribution in [3.63, 3.8) is 0 Å². The van der Waals surface area contributed by atoms with E-state index < -0.39 is 0 Å². The zero-order chi connectivity index (χ0) is 27.2. The SMILES string of the molecule is c1ccc(-c2ccc(-c3nc(-c4ccccc4)nc(-c4ccc5ccc6sc7ccccc7c6c5c4)n3)cc2)cc1. The highest BCUT2D eigenvalue weighted by atomic mass is 32.1. The minimum absolute atomic E-state index is 0.660. The van der Waals surface area contributed by atoms with Crippen LogP contribution in [0.2, 0.25) is 0 Å². The molecule has 0 aliphatic heterocycles. The Balaban J connectivity index is 1.31. The molecular weight excluding hydrogens is 518 g/mol. The smallest absolute Gasteiger partial charge is 0.164 e. The second-order valence-corrected chi connectivity index (χ2v) is 11.2. The molecule has 0 saturated heterocycles. The summed E-state index contributed by atoms with van der Waals surface area (Å²) in [5.74, 6) is 1.99. The third-order valence-electron chi connectivity index (χ3n) is 7.54. The Morgan fingerprint density at radius 3 is 1.61 bits per heavy atom. The standard InChI is InChI=1S/C37H23N3S/c1-3-9-24(10-4-1)25-15-18-28(19-16-25)36-38-35(27-11-5-2-6-12-27)39-37(40-36)29-20-17-26-21-22-33-34(31(26)23-29)30-13-7-8-14-32(30)41-33/h1-23H. The van der Waals surface area contributed by atoms with Gasteiger partial charge in [0.15, 0.2) is 17.5 Å². The quantitative estimate of drug-likeness (QED) is 0.222. The van der Waals surface area contributed by atoms with E-state index >= 15 is 0 Å². The lowest BCUT2D eigenvalue weighted by atomic mass is 10.0. The Hall–Kier alpha value is -5.19. The molecule has 0 spiro atoms. The maximum Gasteiger partial charge on any atom is 0.164 e. The minimum Gasteiger partial charge on any atom is -0.208 e. The molecule has 0 aliphatic rings. The molecule has 8 aromatic rings. The van der Waals surface area contributed by atoms with E-state index in [4.69, 9.17) is 15.0 Å². The lowest BCUT2D eigenvalue weighted by Gasteiger charge is -2.10. The van der Waals surface area contributed by atoms with Crippen molar-refractivity contribution in [1.82, 2.24) is 15.0 Å². The van der Waals surface area contributed by atoms with E-state index in [9.17, 15) is 0 Å². The van der Waals surface area contributed by atoms with Crippen molar-refractivity contribution in [2.75, 3.05) is 0 Å². The summed E-state index contributed by atoms with van der Waals surface area (Å²) in [6.07, 6.45) is 0. The largest absolute Gasteiger partial charge is 0.208 e. The number of benzene rings is 6. The molecule has 0 bridgehead atoms. The first kappa shape index (κ1) is 23.7. The van der Waals surface area contributed by atoms with Crippen molar-refractivity contribution < 1.29 is 0 Å². The zero-order valence-corrected chi connectivity index (χ0v) is 22.8. The van der Waals surface area contributed by atoms with E-state index in [0.717, 1.165) is 22.3 Å². The van der Waals surface area contributed by atoms with Crippen molar-refractivity contribution in [3.8, 4) is 45.3 Å². The fourth-order valence-electron chi connectivity index (χ4n) is 5.48. The summed E-state index contributed by atoms with van der Waals surface area (Å²) >= 11 is 1.84. The monoisotopic (exact) mass is 541 g/mol. The Bertz CT molecular complexity index is 2180. The summed E-state index contributed by atoms with van der Waals surface area (Å²) in [5.41, 5.74) is 5.24. The van der Waals surface area contributed by atoms with Gasteiger partial charge in [-0.05, 0) is 40.1 Å². The van der Waals surface area contributed by atoms with Gasteiger partial charge in [-0.25, -0.2) is 15.0 Å². The van der Waals surface area contributed by atoms with Gasteiger partial charge in [-0.2, -0.15) is 0 Å². The molecule has 0 amide bonds. The summed E-state index contributed by atoms with van der Waals surface area (Å²) in [4.78, 5) is 14.9. The van der Waals surface area contributed by atoms with E-state index in [1.54, 1.807) is 0 Å². The van der Waals surface area contributed by atoms with Crippen LogP contribution in [0.3, 0.4) is 0 Å². The first-order valence-electron chi connectivity index (χ1n) is 13.6. The van der Waals surface area contributed by atoms with Crippen molar-refractivity contribution in [3.05, 3.63) is 140 Å². The van der Waals surface area contributed by atoms with E-state index in [2.05, 4.69) is 103 Å². The third kappa shape index (κ3) is 4.26. The highest BCUT2D eigenvalue weighted by Gasteiger charge is 2.15. The molecule has 4 heteroatoms. The topological polar surface area (TPSA) is 38.7 Å². The van der Waals surface area contributed by atoms with E-state index in [1.807, 2.05) is 47.7 Å². The van der Waals surface area contributed by atoms with Crippen LogP contribution in [-0.2, 0) is 0 Å². The molecule has 41 heavy (non-hydrogen) atoms. The van der Waals surface area contributed by atoms with Gasteiger partial charge in [0.2, 0.25) is 0 Å². The predicted molar refractivity (Wildman–Crippen MR) is 172 cm³/mol. The van der Waals surface area contributed by atoms with Gasteiger partial charge >= 0.3 is 0 Å². The molecule has 2 heterocycles. The van der Waals surface area contributed by atoms with E-state index in [-0.39, 0.29) is 0 Å². The molecule has 8 rings (SSSR count). The van der Waals surface area contributed by atoms with Crippen LogP contribution in [0.1, 0.15) is 0 Å². The number of thiophene rings is 1. The van der Waals surface area contributed by atoms with Gasteiger partial charge in [-0.15, -0.1) is 11.3 Å². The lowest BCUT2D eigenvalue weighted by Crippen LogP contribution is -2.00. The number of hydrogen-bond donors (Lipinski definition) is 0. The fraction of sp³-hybridized carbons (Fsp3) is 0. The molecule has 3 nitrogen and oxygen atoms in total. The van der Waals surface area contributed by atoms with Gasteiger partial charge in [-0.3, -0.25) is 0 Å². The first-order chi connectivity index (χ1) is 20.3. The molecule has 0 unspecified atom stereocenters. The van der Waals surface area contributed by atoms with Crippen LogP contribution in [0.25, 0.3) is 76.2 Å². The summed E-state index contributed by atoms with van der Waals surface area (Å²) in [6.45, 7) is 0. The summed E-state index contributed by atoms with van der Waals surface area (Å²) < 4.78 is 2.59. The summed E-state index contributed by atoms with van der Waals surface area (Å²) in [6, 6.07) is 48.6. The first-order valence-corrected chi connectivity index (χ1v) is 14.4. The Kier molecular flexibility index (Phi) is 5.64. The minimum atomic E-state index is 0.660. The molecular formula is C37H23N3S. The van der Waals surface area contributed by atoms with Gasteiger partial charge in [0, 0.05) is 36.9 Å². The molecule has 6 aromatic carbocycles. The van der Waals surface area contributed by atoms with Gasteiger partial charge in [0.05, 0.1) is 0 Å². The molecule has 192 valence electrons. The zero-order valence-electron chi connectivity index (χ0n) is 22.0. The van der Waals surface area contributed by atoms with Gasteiger partial charge < -0.3 is 0 Å². The van der Waals surface area contributed by atoms with Gasteiger partial charge in [0.25, 0.3) is 0 Å². The van der Waals surface area contributed by atoms with Crippen LogP contribution in [-0.4, -0.2) is 15.0 Å². The van der Waals surface area contributed by atoms with Gasteiger partial charge in [-0.1, -0.05) is 121 Å². The van der Waals surface area contributed by atoms with Crippen molar-refractivity contribution in [2.45, 2.75) is 0 Å².